The number of carboxylic acids is 1. The summed E-state index contributed by atoms with van der Waals surface area (Å²) in [5, 5.41) is 18.9. The lowest BCUT2D eigenvalue weighted by Crippen LogP contribution is -2.35. The lowest BCUT2D eigenvalue weighted by molar-refractivity contribution is -0.402. The van der Waals surface area contributed by atoms with Crippen molar-refractivity contribution in [3.63, 3.8) is 0 Å². The largest absolute Gasteiger partial charge is 0.480 e. The molecule has 1 aromatic rings. The third-order valence-corrected chi connectivity index (χ3v) is 1.98. The average molecular weight is 242 g/mol. The molecule has 1 heterocycles. The van der Waals surface area contributed by atoms with Gasteiger partial charge in [0.05, 0.1) is 6.07 Å². The number of nitro groups is 1. The number of furan rings is 1. The summed E-state index contributed by atoms with van der Waals surface area (Å²) in [5.74, 6) is -2.66. The van der Waals surface area contributed by atoms with E-state index in [0.29, 0.717) is 0 Å². The van der Waals surface area contributed by atoms with Crippen LogP contribution < -0.4 is 0 Å². The van der Waals surface area contributed by atoms with Gasteiger partial charge in [-0.1, -0.05) is 0 Å². The second-order valence-corrected chi connectivity index (χ2v) is 3.11. The van der Waals surface area contributed by atoms with Crippen LogP contribution in [0.15, 0.2) is 16.5 Å². The summed E-state index contributed by atoms with van der Waals surface area (Å²) in [5.41, 5.74) is 0. The van der Waals surface area contributed by atoms with Crippen molar-refractivity contribution in [2.24, 2.45) is 0 Å². The molecular formula is C9H10N2O6. The van der Waals surface area contributed by atoms with Crippen molar-refractivity contribution in [1.82, 2.24) is 4.90 Å². The van der Waals surface area contributed by atoms with E-state index in [9.17, 15) is 19.7 Å². The quantitative estimate of drug-likeness (QED) is 0.601. The number of nitrogens with zero attached hydrogens (tertiary/aromatic N) is 2. The van der Waals surface area contributed by atoms with E-state index >= 15 is 0 Å². The van der Waals surface area contributed by atoms with Crippen molar-refractivity contribution < 1.29 is 24.0 Å². The molecule has 0 aromatic carbocycles. The highest BCUT2D eigenvalue weighted by Crippen LogP contribution is 2.17. The molecule has 0 aliphatic rings. The Balaban J connectivity index is 2.86. The first-order valence-corrected chi connectivity index (χ1v) is 4.71. The number of aliphatic carboxylic acids is 1. The monoisotopic (exact) mass is 242 g/mol. The molecule has 0 radical (unpaired) electrons. The predicted molar refractivity (Wildman–Crippen MR) is 54.6 cm³/mol. The first-order chi connectivity index (χ1) is 7.95. The molecule has 8 heteroatoms. The summed E-state index contributed by atoms with van der Waals surface area (Å²) < 4.78 is 4.69. The minimum atomic E-state index is -1.17. The molecule has 0 spiro atoms. The van der Waals surface area contributed by atoms with E-state index in [1.165, 1.54) is 0 Å². The van der Waals surface area contributed by atoms with Crippen molar-refractivity contribution in [2.75, 3.05) is 13.1 Å². The molecule has 0 saturated carbocycles. The van der Waals surface area contributed by atoms with Gasteiger partial charge in [0, 0.05) is 6.54 Å². The smallest absolute Gasteiger partial charge is 0.433 e. The van der Waals surface area contributed by atoms with Crippen LogP contribution in [0.2, 0.25) is 0 Å². The Hall–Kier alpha value is -2.38. The Kier molecular flexibility index (Phi) is 3.81. The molecule has 0 fully saturated rings. The van der Waals surface area contributed by atoms with E-state index < -0.39 is 29.2 Å². The van der Waals surface area contributed by atoms with Gasteiger partial charge in [-0.05, 0) is 13.0 Å². The van der Waals surface area contributed by atoms with Crippen LogP contribution >= 0.6 is 0 Å². The van der Waals surface area contributed by atoms with Crippen LogP contribution in [-0.4, -0.2) is 39.9 Å². The van der Waals surface area contributed by atoms with E-state index in [1.807, 2.05) is 0 Å². The number of hydrogen-bond donors (Lipinski definition) is 1. The van der Waals surface area contributed by atoms with Crippen LogP contribution in [-0.2, 0) is 4.79 Å². The Labute approximate surface area is 95.6 Å². The molecule has 92 valence electrons. The SMILES string of the molecule is CCN(CC(=O)O)C(=O)c1ccc([N+](=O)[O-])o1. The standard InChI is InChI=1S/C9H10N2O6/c1-2-10(5-8(12)13)9(14)6-3-4-7(17-6)11(15)16/h3-4H,2,5H2,1H3,(H,12,13). The maximum absolute atomic E-state index is 11.7. The minimum Gasteiger partial charge on any atom is -0.480 e. The van der Waals surface area contributed by atoms with Crippen molar-refractivity contribution in [1.29, 1.82) is 0 Å². The van der Waals surface area contributed by atoms with Crippen LogP contribution in [0.25, 0.3) is 0 Å². The van der Waals surface area contributed by atoms with Gasteiger partial charge in [0.15, 0.2) is 5.76 Å². The summed E-state index contributed by atoms with van der Waals surface area (Å²) in [6, 6.07) is 2.19. The molecule has 17 heavy (non-hydrogen) atoms. The zero-order chi connectivity index (χ0) is 13.0. The number of amides is 1. The minimum absolute atomic E-state index is 0.166. The Morgan fingerprint density at radius 2 is 2.18 bits per heavy atom. The van der Waals surface area contributed by atoms with Crippen LogP contribution in [0, 0.1) is 10.1 Å². The van der Waals surface area contributed by atoms with Gasteiger partial charge in [-0.3, -0.25) is 19.7 Å². The number of carbonyl (C=O) groups excluding carboxylic acids is 1. The van der Waals surface area contributed by atoms with Crippen molar-refractivity contribution >= 4 is 17.8 Å². The van der Waals surface area contributed by atoms with Gasteiger partial charge in [-0.2, -0.15) is 0 Å². The van der Waals surface area contributed by atoms with Gasteiger partial charge in [-0.15, -0.1) is 0 Å². The van der Waals surface area contributed by atoms with E-state index in [2.05, 4.69) is 4.42 Å². The molecule has 1 amide bonds. The van der Waals surface area contributed by atoms with E-state index in [4.69, 9.17) is 5.11 Å². The summed E-state index contributed by atoms with van der Waals surface area (Å²) in [6.07, 6.45) is 0. The summed E-state index contributed by atoms with van der Waals surface area (Å²) >= 11 is 0. The van der Waals surface area contributed by atoms with Crippen LogP contribution in [0.1, 0.15) is 17.5 Å². The van der Waals surface area contributed by atoms with Gasteiger partial charge in [0.2, 0.25) is 0 Å². The van der Waals surface area contributed by atoms with Gasteiger partial charge in [-0.25, -0.2) is 0 Å². The zero-order valence-corrected chi connectivity index (χ0v) is 8.95. The molecule has 0 bridgehead atoms. The zero-order valence-electron chi connectivity index (χ0n) is 8.95. The van der Waals surface area contributed by atoms with Crippen LogP contribution in [0.4, 0.5) is 5.88 Å². The fourth-order valence-corrected chi connectivity index (χ4v) is 1.19. The highest BCUT2D eigenvalue weighted by atomic mass is 16.6. The number of likely N-dealkylation sites (N-methyl/N-ethyl adjacent to an activating group) is 1. The van der Waals surface area contributed by atoms with Crippen LogP contribution in [0.5, 0.6) is 0 Å². The predicted octanol–water partition coefficient (Wildman–Crippen LogP) is 0.734. The Morgan fingerprint density at radius 1 is 1.53 bits per heavy atom. The Morgan fingerprint density at radius 3 is 2.59 bits per heavy atom. The lowest BCUT2D eigenvalue weighted by Gasteiger charge is -2.16. The van der Waals surface area contributed by atoms with Gasteiger partial charge >= 0.3 is 11.9 Å². The highest BCUT2D eigenvalue weighted by Gasteiger charge is 2.22. The topological polar surface area (TPSA) is 114 Å². The summed E-state index contributed by atoms with van der Waals surface area (Å²) in [6.45, 7) is 1.28. The third kappa shape index (κ3) is 3.03. The first kappa shape index (κ1) is 12.7. The normalized spacial score (nSPS) is 9.94. The third-order valence-electron chi connectivity index (χ3n) is 1.98. The average Bonchev–Trinajstić information content (AvgIpc) is 2.73. The van der Waals surface area contributed by atoms with Gasteiger partial charge < -0.3 is 14.4 Å². The maximum Gasteiger partial charge on any atom is 0.433 e. The van der Waals surface area contributed by atoms with E-state index in [-0.39, 0.29) is 12.3 Å². The maximum atomic E-state index is 11.7. The molecule has 1 rings (SSSR count). The summed E-state index contributed by atoms with van der Waals surface area (Å²) in [7, 11) is 0. The molecule has 1 N–H and O–H groups in total. The van der Waals surface area contributed by atoms with E-state index in [1.54, 1.807) is 6.92 Å². The molecular weight excluding hydrogens is 232 g/mol. The van der Waals surface area contributed by atoms with E-state index in [0.717, 1.165) is 17.0 Å². The molecule has 0 saturated heterocycles. The molecule has 0 aliphatic carbocycles. The molecule has 0 unspecified atom stereocenters. The van der Waals surface area contributed by atoms with Gasteiger partial charge in [0.25, 0.3) is 5.91 Å². The lowest BCUT2D eigenvalue weighted by atomic mass is 10.3. The fourth-order valence-electron chi connectivity index (χ4n) is 1.19. The fraction of sp³-hybridized carbons (Fsp3) is 0.333. The van der Waals surface area contributed by atoms with Gasteiger partial charge in [0.1, 0.15) is 11.5 Å². The van der Waals surface area contributed by atoms with Crippen molar-refractivity contribution in [2.45, 2.75) is 6.92 Å². The van der Waals surface area contributed by atoms with Crippen molar-refractivity contribution in [3.8, 4) is 0 Å². The van der Waals surface area contributed by atoms with Crippen molar-refractivity contribution in [3.05, 3.63) is 28.0 Å². The molecule has 1 aromatic heterocycles. The number of carbonyl (C=O) groups is 2. The molecule has 0 atom stereocenters. The number of carboxylic acid groups (broad SMARTS) is 1. The second-order valence-electron chi connectivity index (χ2n) is 3.11. The Bertz CT molecular complexity index is 452. The summed E-state index contributed by atoms with van der Waals surface area (Å²) in [4.78, 5) is 32.8. The van der Waals surface area contributed by atoms with Crippen LogP contribution in [0.3, 0.4) is 0 Å². The second kappa shape index (κ2) is 5.10. The molecule has 0 aliphatic heterocycles. The molecule has 8 nitrogen and oxygen atoms in total. The highest BCUT2D eigenvalue weighted by molar-refractivity contribution is 5.93. The first-order valence-electron chi connectivity index (χ1n) is 4.71. The number of hydrogen-bond acceptors (Lipinski definition) is 5. The number of rotatable bonds is 5.